The topological polar surface area (TPSA) is 69.7 Å². The Labute approximate surface area is 173 Å². The van der Waals surface area contributed by atoms with Crippen LogP contribution in [-0.2, 0) is 23.2 Å². The first kappa shape index (κ1) is 27.4. The van der Waals surface area contributed by atoms with Gasteiger partial charge in [-0.15, -0.1) is 9.05 Å². The van der Waals surface area contributed by atoms with Crippen molar-refractivity contribution in [3.63, 3.8) is 0 Å². The van der Waals surface area contributed by atoms with E-state index in [1.165, 1.54) is 51.4 Å². The van der Waals surface area contributed by atoms with Gasteiger partial charge in [-0.25, -0.2) is 0 Å². The zero-order valence-corrected chi connectivity index (χ0v) is 19.1. The molecule has 0 heterocycles. The van der Waals surface area contributed by atoms with E-state index in [1.807, 2.05) is 0 Å². The molecule has 28 heavy (non-hydrogen) atoms. The van der Waals surface area contributed by atoms with Crippen LogP contribution >= 0.6 is 8.25 Å². The second-order valence-electron chi connectivity index (χ2n) is 7.59. The van der Waals surface area contributed by atoms with E-state index in [2.05, 4.69) is 13.8 Å². The van der Waals surface area contributed by atoms with Crippen LogP contribution in [0.3, 0.4) is 0 Å². The summed E-state index contributed by atoms with van der Waals surface area (Å²) in [5.74, 6) is -0.121. The third-order valence-electron chi connectivity index (χ3n) is 4.78. The Kier molecular flexibility index (Phi) is 20.6. The van der Waals surface area contributed by atoms with Gasteiger partial charge < -0.3 is 0 Å². The Balaban J connectivity index is 3.49. The lowest BCUT2D eigenvalue weighted by Gasteiger charge is -2.00. The van der Waals surface area contributed by atoms with Crippen molar-refractivity contribution in [3.8, 4) is 0 Å². The van der Waals surface area contributed by atoms with Gasteiger partial charge in [0.15, 0.2) is 24.8 Å². The summed E-state index contributed by atoms with van der Waals surface area (Å²) in [6, 6.07) is 0. The van der Waals surface area contributed by atoms with E-state index in [1.54, 1.807) is 0 Å². The number of hydrogen-bond acceptors (Lipinski definition) is 5. The van der Waals surface area contributed by atoms with Crippen molar-refractivity contribution in [3.05, 3.63) is 0 Å². The molecule has 0 aliphatic carbocycles. The molecule has 0 spiro atoms. The highest BCUT2D eigenvalue weighted by atomic mass is 31.1. The smallest absolute Gasteiger partial charge is 0.297 e. The molecule has 0 radical (unpaired) electrons. The lowest BCUT2D eigenvalue weighted by Crippen LogP contribution is -2.08. The van der Waals surface area contributed by atoms with E-state index < -0.39 is 8.25 Å². The van der Waals surface area contributed by atoms with Gasteiger partial charge >= 0.3 is 8.25 Å². The van der Waals surface area contributed by atoms with Crippen molar-refractivity contribution in [1.29, 1.82) is 0 Å². The van der Waals surface area contributed by atoms with Crippen LogP contribution in [0.2, 0.25) is 0 Å². The average Bonchev–Trinajstić information content (AvgIpc) is 2.69. The summed E-state index contributed by atoms with van der Waals surface area (Å²) in [4.78, 5) is 23.4. The van der Waals surface area contributed by atoms with Crippen LogP contribution in [0, 0.1) is 0 Å². The van der Waals surface area contributed by atoms with Gasteiger partial charge in [0.05, 0.1) is 0 Å². The van der Waals surface area contributed by atoms with Gasteiger partial charge in [0, 0.05) is 17.4 Å². The third-order valence-corrected chi connectivity index (χ3v) is 5.46. The van der Waals surface area contributed by atoms with Gasteiger partial charge in [-0.1, -0.05) is 90.9 Å². The van der Waals surface area contributed by atoms with Crippen LogP contribution in [0.1, 0.15) is 117 Å². The van der Waals surface area contributed by atoms with E-state index >= 15 is 0 Å². The Morgan fingerprint density at radius 2 is 0.893 bits per heavy atom. The second kappa shape index (κ2) is 21.1. The first-order chi connectivity index (χ1) is 13.6. The quantitative estimate of drug-likeness (QED) is 0.139. The molecule has 0 unspecified atom stereocenters. The van der Waals surface area contributed by atoms with Gasteiger partial charge in [-0.3, -0.25) is 9.59 Å². The van der Waals surface area contributed by atoms with E-state index in [4.69, 9.17) is 9.05 Å². The number of Topliss-reactive ketones (excluding diaryl/α,β-unsaturated/α-hetero) is 2. The molecule has 6 heteroatoms. The fourth-order valence-electron chi connectivity index (χ4n) is 2.99. The third kappa shape index (κ3) is 20.1. The minimum atomic E-state index is -2.39. The molecule has 0 fully saturated rings. The lowest BCUT2D eigenvalue weighted by atomic mass is 10.1. The van der Waals surface area contributed by atoms with E-state index in [9.17, 15) is 14.2 Å². The molecule has 0 aromatic carbocycles. The van der Waals surface area contributed by atoms with Crippen molar-refractivity contribution in [2.45, 2.75) is 117 Å². The molecule has 0 N–H and O–H groups in total. The number of unbranched alkanes of at least 4 members (excludes halogenated alkanes) is 12. The lowest BCUT2D eigenvalue weighted by molar-refractivity contribution is -0.121. The number of ketones is 2. The predicted octanol–water partition coefficient (Wildman–Crippen LogP) is 7.10. The molecular weight excluding hydrogens is 375 g/mol. The summed E-state index contributed by atoms with van der Waals surface area (Å²) in [6.45, 7) is 3.99. The summed E-state index contributed by atoms with van der Waals surface area (Å²) < 4.78 is 21.5. The summed E-state index contributed by atoms with van der Waals surface area (Å²) in [5.41, 5.74) is 0. The highest BCUT2D eigenvalue weighted by molar-refractivity contribution is 7.33. The number of rotatable bonds is 22. The van der Waals surface area contributed by atoms with Crippen molar-refractivity contribution >= 4 is 19.8 Å². The van der Waals surface area contributed by atoms with Gasteiger partial charge in [0.1, 0.15) is 0 Å². The molecule has 0 aliphatic rings. The summed E-state index contributed by atoms with van der Waals surface area (Å²) >= 11 is 0. The summed E-state index contributed by atoms with van der Waals surface area (Å²) in [7, 11) is -2.39. The minimum absolute atomic E-state index is 0.0603. The first-order valence-electron chi connectivity index (χ1n) is 11.4. The molecule has 0 atom stereocenters. The molecule has 0 saturated heterocycles. The molecule has 0 aromatic heterocycles. The molecule has 0 rings (SSSR count). The Bertz CT molecular complexity index is 376. The highest BCUT2D eigenvalue weighted by Crippen LogP contribution is 2.24. The maximum absolute atomic E-state index is 11.7. The van der Waals surface area contributed by atoms with Gasteiger partial charge in [0.2, 0.25) is 0 Å². The second-order valence-corrected chi connectivity index (χ2v) is 8.55. The fourth-order valence-corrected chi connectivity index (χ4v) is 3.56. The normalized spacial score (nSPS) is 10.9. The Morgan fingerprint density at radius 3 is 1.25 bits per heavy atom. The monoisotopic (exact) mass is 417 g/mol. The van der Waals surface area contributed by atoms with Crippen LogP contribution in [0.25, 0.3) is 0 Å². The van der Waals surface area contributed by atoms with Crippen LogP contribution in [0.15, 0.2) is 0 Å². The van der Waals surface area contributed by atoms with E-state index in [0.29, 0.717) is 12.8 Å². The van der Waals surface area contributed by atoms with Crippen LogP contribution < -0.4 is 0 Å². The SMILES string of the molecule is CCCCCCCCCC(=O)CO[P+](=O)OCC(=O)CCCCCCCCC. The molecule has 0 aromatic rings. The minimum Gasteiger partial charge on any atom is -0.297 e. The van der Waals surface area contributed by atoms with Crippen LogP contribution in [0.5, 0.6) is 0 Å². The Hall–Kier alpha value is -0.640. The van der Waals surface area contributed by atoms with Gasteiger partial charge in [0.25, 0.3) is 0 Å². The number of carbonyl (C=O) groups excluding carboxylic acids is 2. The molecule has 0 aliphatic heterocycles. The maximum Gasteiger partial charge on any atom is 0.698 e. The highest BCUT2D eigenvalue weighted by Gasteiger charge is 2.23. The van der Waals surface area contributed by atoms with Crippen molar-refractivity contribution in [2.75, 3.05) is 13.2 Å². The van der Waals surface area contributed by atoms with Crippen molar-refractivity contribution in [2.24, 2.45) is 0 Å². The van der Waals surface area contributed by atoms with Gasteiger partial charge in [-0.2, -0.15) is 0 Å². The predicted molar refractivity (Wildman–Crippen MR) is 115 cm³/mol. The molecule has 0 saturated carbocycles. The van der Waals surface area contributed by atoms with Crippen LogP contribution in [0.4, 0.5) is 0 Å². The van der Waals surface area contributed by atoms with E-state index in [-0.39, 0.29) is 24.8 Å². The standard InChI is InChI=1S/C22H42O5P/c1-3-5-7-9-11-13-15-17-21(23)19-26-28(25)27-20-22(24)18-16-14-12-10-8-6-4-2/h3-20H2,1-2H3/q+1. The molecule has 164 valence electrons. The number of carbonyl (C=O) groups is 2. The molecule has 5 nitrogen and oxygen atoms in total. The van der Waals surface area contributed by atoms with Crippen molar-refractivity contribution < 1.29 is 23.2 Å². The first-order valence-corrected chi connectivity index (χ1v) is 12.5. The average molecular weight is 418 g/mol. The molecule has 0 amide bonds. The zero-order valence-electron chi connectivity index (χ0n) is 18.2. The summed E-state index contributed by atoms with van der Waals surface area (Å²) in [6.07, 6.45) is 17.0. The Morgan fingerprint density at radius 1 is 0.571 bits per heavy atom. The maximum atomic E-state index is 11.7. The molecular formula is C22H42O5P+. The van der Waals surface area contributed by atoms with Gasteiger partial charge in [-0.05, 0) is 12.8 Å². The van der Waals surface area contributed by atoms with Crippen LogP contribution in [-0.4, -0.2) is 24.8 Å². The molecule has 0 bridgehead atoms. The summed E-state index contributed by atoms with van der Waals surface area (Å²) in [5, 5.41) is 0. The van der Waals surface area contributed by atoms with Crippen molar-refractivity contribution in [1.82, 2.24) is 0 Å². The largest absolute Gasteiger partial charge is 0.698 e. The number of hydrogen-bond donors (Lipinski definition) is 0. The van der Waals surface area contributed by atoms with E-state index in [0.717, 1.165) is 38.5 Å². The fraction of sp³-hybridized carbons (Fsp3) is 0.909. The zero-order chi connectivity index (χ0) is 20.9.